The molecule has 0 aliphatic carbocycles. The zero-order valence-corrected chi connectivity index (χ0v) is 11.9. The zero-order chi connectivity index (χ0) is 13.1. The predicted octanol–water partition coefficient (Wildman–Crippen LogP) is 1.78. The fourth-order valence-corrected chi connectivity index (χ4v) is 2.28. The Labute approximate surface area is 111 Å². The van der Waals surface area contributed by atoms with E-state index in [2.05, 4.69) is 33.0 Å². The maximum Gasteiger partial charge on any atom is 0.379 e. The SMILES string of the molecule is Cc1n[n+](C)c(NNc2ccc(N(C)C)cc2)s1. The van der Waals surface area contributed by atoms with Gasteiger partial charge in [-0.15, -0.1) is 4.68 Å². The second-order valence-electron chi connectivity index (χ2n) is 4.24. The number of hydrogen-bond acceptors (Lipinski definition) is 5. The molecule has 2 aromatic rings. The van der Waals surface area contributed by atoms with Crippen LogP contribution in [0.15, 0.2) is 24.3 Å². The minimum absolute atomic E-state index is 0.976. The highest BCUT2D eigenvalue weighted by molar-refractivity contribution is 7.14. The number of hydrazine groups is 1. The Bertz CT molecular complexity index is 518. The first-order chi connectivity index (χ1) is 8.56. The molecule has 0 spiro atoms. The van der Waals surface area contributed by atoms with Gasteiger partial charge in [0.05, 0.1) is 5.69 Å². The Hall–Kier alpha value is -1.82. The average Bonchev–Trinajstić information content (AvgIpc) is 2.66. The molecule has 2 rings (SSSR count). The van der Waals surface area contributed by atoms with Crippen LogP contribution in [0.25, 0.3) is 0 Å². The largest absolute Gasteiger partial charge is 0.379 e. The van der Waals surface area contributed by atoms with Gasteiger partial charge in [0.1, 0.15) is 12.1 Å². The fourth-order valence-electron chi connectivity index (χ4n) is 1.56. The maximum atomic E-state index is 4.29. The molecule has 18 heavy (non-hydrogen) atoms. The lowest BCUT2D eigenvalue weighted by molar-refractivity contribution is -0.712. The molecule has 0 unspecified atom stereocenters. The summed E-state index contributed by atoms with van der Waals surface area (Å²) >= 11 is 1.61. The van der Waals surface area contributed by atoms with E-state index in [0.29, 0.717) is 0 Å². The molecule has 6 heteroatoms. The van der Waals surface area contributed by atoms with Crippen molar-refractivity contribution in [2.24, 2.45) is 7.05 Å². The summed E-state index contributed by atoms with van der Waals surface area (Å²) in [7, 11) is 5.98. The van der Waals surface area contributed by atoms with Crippen molar-refractivity contribution in [3.05, 3.63) is 29.3 Å². The van der Waals surface area contributed by atoms with E-state index in [-0.39, 0.29) is 0 Å². The standard InChI is InChI=1S/C12H17N5S/c1-9-15-17(4)12(18-9)14-13-10-5-7-11(8-6-10)16(2)3/h5-8,13H,1-4H3/p+1. The summed E-state index contributed by atoms with van der Waals surface area (Å²) in [6, 6.07) is 8.22. The van der Waals surface area contributed by atoms with Gasteiger partial charge in [-0.1, -0.05) is 5.10 Å². The molecule has 2 N–H and O–H groups in total. The van der Waals surface area contributed by atoms with Crippen LogP contribution in [0.1, 0.15) is 5.01 Å². The van der Waals surface area contributed by atoms with Crippen molar-refractivity contribution in [1.29, 1.82) is 0 Å². The highest BCUT2D eigenvalue weighted by Crippen LogP contribution is 2.17. The molecule has 1 aromatic carbocycles. The molecule has 0 saturated heterocycles. The number of nitrogens with one attached hydrogen (secondary N) is 2. The molecule has 0 bridgehead atoms. The number of aryl methyl sites for hydroxylation is 2. The van der Waals surface area contributed by atoms with Gasteiger partial charge < -0.3 is 4.90 Å². The number of benzene rings is 1. The molecule has 0 saturated carbocycles. The molecule has 96 valence electrons. The normalized spacial score (nSPS) is 10.2. The van der Waals surface area contributed by atoms with Gasteiger partial charge in [-0.25, -0.2) is 5.43 Å². The average molecular weight is 264 g/mol. The summed E-state index contributed by atoms with van der Waals surface area (Å²) in [5.74, 6) is 0. The minimum atomic E-state index is 0.976. The van der Waals surface area contributed by atoms with Gasteiger partial charge in [0.15, 0.2) is 0 Å². The van der Waals surface area contributed by atoms with Gasteiger partial charge in [-0.05, 0) is 42.5 Å². The number of hydrogen-bond donors (Lipinski definition) is 2. The summed E-state index contributed by atoms with van der Waals surface area (Å²) in [5.41, 5.74) is 8.52. The van der Waals surface area contributed by atoms with Gasteiger partial charge in [0.2, 0.25) is 0 Å². The third-order valence-electron chi connectivity index (χ3n) is 2.53. The molecule has 5 nitrogen and oxygen atoms in total. The lowest BCUT2D eigenvalue weighted by Gasteiger charge is -2.12. The van der Waals surface area contributed by atoms with Crippen LogP contribution >= 0.6 is 11.3 Å². The van der Waals surface area contributed by atoms with Crippen molar-refractivity contribution in [1.82, 2.24) is 5.10 Å². The second-order valence-corrected chi connectivity index (χ2v) is 5.42. The van der Waals surface area contributed by atoms with Crippen LogP contribution in [-0.2, 0) is 7.05 Å². The molecule has 0 amide bonds. The van der Waals surface area contributed by atoms with E-state index in [1.807, 2.05) is 44.9 Å². The first kappa shape index (κ1) is 12.6. The van der Waals surface area contributed by atoms with Crippen LogP contribution in [-0.4, -0.2) is 19.2 Å². The van der Waals surface area contributed by atoms with Gasteiger partial charge >= 0.3 is 5.13 Å². The Morgan fingerprint density at radius 2 is 1.83 bits per heavy atom. The van der Waals surface area contributed by atoms with Crippen molar-refractivity contribution >= 4 is 27.8 Å². The van der Waals surface area contributed by atoms with Crippen LogP contribution in [0, 0.1) is 6.92 Å². The van der Waals surface area contributed by atoms with Gasteiger partial charge in [0.25, 0.3) is 0 Å². The number of aromatic nitrogens is 2. The second kappa shape index (κ2) is 5.22. The van der Waals surface area contributed by atoms with Gasteiger partial charge in [-0.2, -0.15) is 5.43 Å². The van der Waals surface area contributed by atoms with E-state index in [1.165, 1.54) is 5.69 Å². The van der Waals surface area contributed by atoms with E-state index in [4.69, 9.17) is 0 Å². The van der Waals surface area contributed by atoms with E-state index < -0.39 is 0 Å². The molecule has 1 aromatic heterocycles. The zero-order valence-electron chi connectivity index (χ0n) is 11.1. The fraction of sp³-hybridized carbons (Fsp3) is 0.333. The molecule has 0 fully saturated rings. The van der Waals surface area contributed by atoms with Crippen LogP contribution in [0.4, 0.5) is 16.5 Å². The van der Waals surface area contributed by atoms with Gasteiger partial charge in [0, 0.05) is 19.8 Å². The number of rotatable bonds is 4. The summed E-state index contributed by atoms with van der Waals surface area (Å²) in [5, 5.41) is 6.29. The summed E-state index contributed by atoms with van der Waals surface area (Å²) in [6.07, 6.45) is 0. The van der Waals surface area contributed by atoms with Crippen molar-refractivity contribution in [2.75, 3.05) is 29.8 Å². The monoisotopic (exact) mass is 264 g/mol. The van der Waals surface area contributed by atoms with E-state index in [0.717, 1.165) is 15.8 Å². The molecular formula is C12H18N5S+. The summed E-state index contributed by atoms with van der Waals surface area (Å²) in [4.78, 5) is 2.07. The first-order valence-corrected chi connectivity index (χ1v) is 6.51. The molecule has 0 atom stereocenters. The van der Waals surface area contributed by atoms with Crippen molar-refractivity contribution < 1.29 is 4.68 Å². The minimum Gasteiger partial charge on any atom is -0.378 e. The predicted molar refractivity (Wildman–Crippen MR) is 76.0 cm³/mol. The van der Waals surface area contributed by atoms with E-state index >= 15 is 0 Å². The molecule has 0 aliphatic heterocycles. The Kier molecular flexibility index (Phi) is 3.66. The Balaban J connectivity index is 2.00. The third-order valence-corrected chi connectivity index (χ3v) is 3.46. The van der Waals surface area contributed by atoms with Crippen molar-refractivity contribution in [3.8, 4) is 0 Å². The number of anilines is 3. The van der Waals surface area contributed by atoms with Crippen LogP contribution in [0.5, 0.6) is 0 Å². The molecule has 1 heterocycles. The molecular weight excluding hydrogens is 246 g/mol. The lowest BCUT2D eigenvalue weighted by atomic mass is 10.3. The first-order valence-electron chi connectivity index (χ1n) is 5.69. The summed E-state index contributed by atoms with van der Waals surface area (Å²) in [6.45, 7) is 1.99. The van der Waals surface area contributed by atoms with Crippen LogP contribution in [0.3, 0.4) is 0 Å². The van der Waals surface area contributed by atoms with Crippen LogP contribution < -0.4 is 20.4 Å². The van der Waals surface area contributed by atoms with Crippen molar-refractivity contribution in [3.63, 3.8) is 0 Å². The van der Waals surface area contributed by atoms with E-state index in [9.17, 15) is 0 Å². The maximum absolute atomic E-state index is 4.29. The smallest absolute Gasteiger partial charge is 0.378 e. The third kappa shape index (κ3) is 2.89. The lowest BCUT2D eigenvalue weighted by Crippen LogP contribution is -2.34. The Morgan fingerprint density at radius 1 is 1.17 bits per heavy atom. The highest BCUT2D eigenvalue weighted by Gasteiger charge is 2.11. The molecule has 0 aliphatic rings. The van der Waals surface area contributed by atoms with Gasteiger partial charge in [-0.3, -0.25) is 0 Å². The summed E-state index contributed by atoms with van der Waals surface area (Å²) < 4.78 is 1.82. The van der Waals surface area contributed by atoms with E-state index in [1.54, 1.807) is 11.3 Å². The number of nitrogens with zero attached hydrogens (tertiary/aromatic N) is 3. The van der Waals surface area contributed by atoms with Crippen LogP contribution in [0.2, 0.25) is 0 Å². The highest BCUT2D eigenvalue weighted by atomic mass is 32.1. The Morgan fingerprint density at radius 3 is 2.33 bits per heavy atom. The van der Waals surface area contributed by atoms with Crippen molar-refractivity contribution in [2.45, 2.75) is 6.92 Å². The molecule has 0 radical (unpaired) electrons. The topological polar surface area (TPSA) is 44.1 Å². The quantitative estimate of drug-likeness (QED) is 0.652.